The number of aliphatic hydroxyl groups is 2. The van der Waals surface area contributed by atoms with Crippen molar-refractivity contribution in [3.8, 4) is 23.0 Å². The van der Waals surface area contributed by atoms with Crippen molar-refractivity contribution in [1.82, 2.24) is 5.48 Å². The van der Waals surface area contributed by atoms with E-state index in [9.17, 15) is 29.4 Å². The van der Waals surface area contributed by atoms with Crippen molar-refractivity contribution in [3.05, 3.63) is 83.4 Å². The molecule has 1 heterocycles. The molecule has 2 aliphatic rings. The Hall–Kier alpha value is -2.64. The summed E-state index contributed by atoms with van der Waals surface area (Å²) in [6.07, 6.45) is -1.75. The molecule has 0 saturated heterocycles. The summed E-state index contributed by atoms with van der Waals surface area (Å²) in [4.78, 5) is 36.8. The zero-order chi connectivity index (χ0) is 28.9. The minimum absolute atomic E-state index is 0. The van der Waals surface area contributed by atoms with Gasteiger partial charge in [0.15, 0.2) is 11.2 Å². The van der Waals surface area contributed by atoms with Crippen molar-refractivity contribution in [3.63, 3.8) is 0 Å². The topological polar surface area (TPSA) is 173 Å². The molecule has 3 aromatic carbocycles. The number of benzene rings is 3. The number of hydroxylamine groups is 1. The molecule has 0 aromatic heterocycles. The number of rotatable bonds is 8. The first-order chi connectivity index (χ1) is 19.0. The number of hydrogen-bond acceptors (Lipinski definition) is 9. The minimum atomic E-state index is -4.85. The van der Waals surface area contributed by atoms with Gasteiger partial charge < -0.3 is 28.9 Å². The number of carbonyl (C=O) groups excluding carboxylic acids is 1. The van der Waals surface area contributed by atoms with Gasteiger partial charge in [0.25, 0.3) is 0 Å². The number of phosphoric acid groups is 1. The summed E-state index contributed by atoms with van der Waals surface area (Å²) >= 11 is 0. The van der Waals surface area contributed by atoms with Crippen molar-refractivity contribution in [2.24, 2.45) is 5.92 Å². The van der Waals surface area contributed by atoms with Gasteiger partial charge in [-0.3, -0.25) is 19.4 Å². The van der Waals surface area contributed by atoms with E-state index in [0.717, 1.165) is 0 Å². The zero-order valence-corrected chi connectivity index (χ0v) is 22.6. The van der Waals surface area contributed by atoms with Crippen LogP contribution in [-0.4, -0.2) is 82.9 Å². The van der Waals surface area contributed by atoms with Crippen molar-refractivity contribution in [2.45, 2.75) is 23.2 Å². The maximum absolute atomic E-state index is 13.4. The van der Waals surface area contributed by atoms with E-state index in [1.165, 1.54) is 51.7 Å². The number of methoxy groups -OCH3 is 2. The molecule has 1 aliphatic carbocycles. The average Bonchev–Trinajstić information content (AvgIpc) is 3.30. The van der Waals surface area contributed by atoms with Gasteiger partial charge in [-0.2, -0.15) is 0 Å². The fourth-order valence-corrected chi connectivity index (χ4v) is 6.42. The molecular weight excluding hydrogens is 568 g/mol. The van der Waals surface area contributed by atoms with Gasteiger partial charge in [0.05, 0.1) is 32.8 Å². The van der Waals surface area contributed by atoms with Crippen molar-refractivity contribution in [2.75, 3.05) is 21.3 Å². The monoisotopic (exact) mass is 597 g/mol. The maximum atomic E-state index is 13.4. The van der Waals surface area contributed by atoms with Gasteiger partial charge in [0, 0.05) is 18.1 Å². The van der Waals surface area contributed by atoms with Crippen LogP contribution < -0.4 is 24.2 Å². The van der Waals surface area contributed by atoms with Crippen LogP contribution in [0.4, 0.5) is 0 Å². The Bertz CT molecular complexity index is 1470. The Kier molecular flexibility index (Phi) is 8.83. The molecule has 5 rings (SSSR count). The SMILES string of the molecule is CONC(=O)[C@H]1[C@@H](O)[C@@]2(O)c3c(OC)cc(OC)cc3O[C@@]2(c2ccc(OP(=O)(O)O)cc2)[C@@H]1c1ccccc1.[NaH]. The molecule has 41 heavy (non-hydrogen) atoms. The Labute approximate surface area is 257 Å². The van der Waals surface area contributed by atoms with Gasteiger partial charge in [-0.25, -0.2) is 10.0 Å². The first-order valence-corrected chi connectivity index (χ1v) is 13.6. The van der Waals surface area contributed by atoms with Crippen LogP contribution in [-0.2, 0) is 25.4 Å². The van der Waals surface area contributed by atoms with E-state index >= 15 is 0 Å². The second-order valence-corrected chi connectivity index (χ2v) is 10.6. The molecule has 0 unspecified atom stereocenters. The molecule has 12 nitrogen and oxygen atoms in total. The predicted molar refractivity (Wildman–Crippen MR) is 146 cm³/mol. The van der Waals surface area contributed by atoms with Crippen molar-refractivity contribution < 1.29 is 52.9 Å². The molecule has 14 heteroatoms. The number of amides is 1. The van der Waals surface area contributed by atoms with Crippen LogP contribution in [0, 0.1) is 5.92 Å². The Morgan fingerprint density at radius 2 is 1.63 bits per heavy atom. The van der Waals surface area contributed by atoms with E-state index in [1.807, 2.05) is 0 Å². The van der Waals surface area contributed by atoms with Gasteiger partial charge in [-0.1, -0.05) is 42.5 Å². The summed E-state index contributed by atoms with van der Waals surface area (Å²) in [6, 6.07) is 17.3. The molecule has 1 amide bonds. The molecule has 214 valence electrons. The molecule has 0 radical (unpaired) electrons. The number of nitrogens with one attached hydrogen (secondary N) is 1. The number of fused-ring (bicyclic) bond motifs is 3. The summed E-state index contributed by atoms with van der Waals surface area (Å²) < 4.78 is 33.7. The Balaban J connectivity index is 0.00000387. The number of ether oxygens (including phenoxy) is 3. The quantitative estimate of drug-likeness (QED) is 0.145. The van der Waals surface area contributed by atoms with Crippen LogP contribution in [0.5, 0.6) is 23.0 Å². The van der Waals surface area contributed by atoms with Gasteiger partial charge in [-0.05, 0) is 23.3 Å². The summed E-state index contributed by atoms with van der Waals surface area (Å²) in [7, 11) is -0.759. The van der Waals surface area contributed by atoms with E-state index in [1.54, 1.807) is 36.4 Å². The molecule has 1 aliphatic heterocycles. The number of phosphoric ester groups is 1. The summed E-state index contributed by atoms with van der Waals surface area (Å²) in [6.45, 7) is 0. The normalized spacial score (nSPS) is 26.2. The standard InChI is InChI=1S/C27H28NO11P.Na.H/c1-35-18-13-19(36-2)23-20(14-18)38-27(16-9-11-17(12-10-16)39-40(32,33)34)22(15-7-5-4-6-8-15)21(25(30)28-37-3)24(29)26(23,27)31;;/h4-14,21-22,24,29,31H,1-3H3,(H,28,30)(H2,32,33,34);;/t21-,22-,24-,26+,27+;;/m1../s1. The Morgan fingerprint density at radius 3 is 2.20 bits per heavy atom. The van der Waals surface area contributed by atoms with Crippen LogP contribution in [0.1, 0.15) is 22.6 Å². The van der Waals surface area contributed by atoms with Gasteiger partial charge >= 0.3 is 37.4 Å². The molecule has 0 bridgehead atoms. The summed E-state index contributed by atoms with van der Waals surface area (Å²) in [5.74, 6) is -2.49. The summed E-state index contributed by atoms with van der Waals surface area (Å²) in [5, 5.41) is 24.6. The van der Waals surface area contributed by atoms with Gasteiger partial charge in [0.2, 0.25) is 5.91 Å². The van der Waals surface area contributed by atoms with E-state index in [2.05, 4.69) is 5.48 Å². The molecule has 5 N–H and O–H groups in total. The second-order valence-electron chi connectivity index (χ2n) is 9.44. The summed E-state index contributed by atoms with van der Waals surface area (Å²) in [5.41, 5.74) is -0.910. The van der Waals surface area contributed by atoms with E-state index in [-0.39, 0.29) is 57.9 Å². The zero-order valence-electron chi connectivity index (χ0n) is 21.7. The van der Waals surface area contributed by atoms with Crippen molar-refractivity contribution >= 4 is 43.3 Å². The molecular formula is C27H29NNaO11P. The third-order valence-electron chi connectivity index (χ3n) is 7.45. The molecule has 1 fully saturated rings. The van der Waals surface area contributed by atoms with Crippen LogP contribution in [0.25, 0.3) is 0 Å². The van der Waals surface area contributed by atoms with Crippen LogP contribution in [0.15, 0.2) is 66.7 Å². The third kappa shape index (κ3) is 4.93. The first-order valence-electron chi connectivity index (χ1n) is 12.1. The molecule has 1 saturated carbocycles. The van der Waals surface area contributed by atoms with E-state index in [0.29, 0.717) is 11.3 Å². The van der Waals surface area contributed by atoms with E-state index in [4.69, 9.17) is 23.6 Å². The third-order valence-corrected chi connectivity index (χ3v) is 7.90. The molecule has 5 atom stereocenters. The number of carbonyl (C=O) groups is 1. The van der Waals surface area contributed by atoms with Gasteiger partial charge in [-0.15, -0.1) is 0 Å². The first kappa shape index (κ1) is 31.3. The molecule has 0 spiro atoms. The Morgan fingerprint density at radius 1 is 0.976 bits per heavy atom. The number of hydrogen-bond donors (Lipinski definition) is 5. The predicted octanol–water partition coefficient (Wildman–Crippen LogP) is 1.45. The molecule has 3 aromatic rings. The van der Waals surface area contributed by atoms with Gasteiger partial charge in [0.1, 0.15) is 29.1 Å². The fourth-order valence-electron chi connectivity index (χ4n) is 6.03. The number of aliphatic hydroxyl groups excluding tert-OH is 1. The van der Waals surface area contributed by atoms with E-state index < -0.39 is 42.9 Å². The average molecular weight is 597 g/mol. The van der Waals surface area contributed by atoms with Crippen molar-refractivity contribution in [1.29, 1.82) is 0 Å². The second kappa shape index (κ2) is 11.6. The fraction of sp³-hybridized carbons (Fsp3) is 0.296. The van der Waals surface area contributed by atoms with Crippen LogP contribution in [0.3, 0.4) is 0 Å². The van der Waals surface area contributed by atoms with Crippen LogP contribution in [0.2, 0.25) is 0 Å². The van der Waals surface area contributed by atoms with Crippen LogP contribution >= 0.6 is 7.82 Å².